The van der Waals surface area contributed by atoms with Crippen LogP contribution in [0.25, 0.3) is 0 Å². The monoisotopic (exact) mass is 1010 g/mol. The average molecular weight is 1010 g/mol. The van der Waals surface area contributed by atoms with Gasteiger partial charge in [0.1, 0.15) is 18.3 Å². The van der Waals surface area contributed by atoms with Crippen LogP contribution in [0.4, 0.5) is 37.7 Å². The molecule has 3 amide bonds. The number of anilines is 2. The van der Waals surface area contributed by atoms with Crippen molar-refractivity contribution >= 4 is 60.8 Å². The SMILES string of the molecule is Cc1ccc(C(=O)NCCCCCCOP(OCCC#N)N(C(C)C)C(C)C)cc1C1(OCO)c2ccc(N(CCCl)C(=O)C(F)(F)F)cc2Oc2cc(N(CCCl)C(=O)C(F)(F)F)ccc21. The van der Waals surface area contributed by atoms with Gasteiger partial charge in [0, 0.05) is 83.7 Å². The van der Waals surface area contributed by atoms with Gasteiger partial charge in [-0.25, -0.2) is 4.67 Å². The van der Waals surface area contributed by atoms with E-state index in [4.69, 9.17) is 47.0 Å². The number of amides is 3. The number of hydrogen-bond acceptors (Lipinski definition) is 10. The minimum atomic E-state index is -5.30. The van der Waals surface area contributed by atoms with Crippen molar-refractivity contribution < 1.29 is 64.4 Å². The highest BCUT2D eigenvalue weighted by molar-refractivity contribution is 7.44. The lowest BCUT2D eigenvalue weighted by Crippen LogP contribution is -2.43. The Morgan fingerprint density at radius 3 is 1.79 bits per heavy atom. The Morgan fingerprint density at radius 2 is 1.31 bits per heavy atom. The molecule has 0 spiro atoms. The zero-order valence-electron chi connectivity index (χ0n) is 37.6. The van der Waals surface area contributed by atoms with E-state index in [1.54, 1.807) is 19.1 Å². The van der Waals surface area contributed by atoms with Crippen molar-refractivity contribution in [2.24, 2.45) is 0 Å². The minimum Gasteiger partial charge on any atom is -0.456 e. The van der Waals surface area contributed by atoms with Crippen LogP contribution < -0.4 is 19.9 Å². The highest BCUT2D eigenvalue weighted by Crippen LogP contribution is 2.55. The zero-order chi connectivity index (χ0) is 49.7. The Kier molecular flexibility index (Phi) is 20.5. The van der Waals surface area contributed by atoms with E-state index in [1.807, 2.05) is 0 Å². The molecule has 0 radical (unpaired) electrons. The summed E-state index contributed by atoms with van der Waals surface area (Å²) in [6.45, 7) is 8.75. The van der Waals surface area contributed by atoms with Gasteiger partial charge in [0.05, 0.1) is 25.7 Å². The molecule has 1 aliphatic rings. The molecule has 0 fully saturated rings. The maximum Gasteiger partial charge on any atom is 0.471 e. The van der Waals surface area contributed by atoms with Crippen LogP contribution >= 0.6 is 31.7 Å². The lowest BCUT2D eigenvalue weighted by Gasteiger charge is -2.41. The Hall–Kier alpha value is -4.25. The normalized spacial score (nSPS) is 13.7. The summed E-state index contributed by atoms with van der Waals surface area (Å²) in [5.74, 6) is -6.22. The van der Waals surface area contributed by atoms with Gasteiger partial charge in [-0.1, -0.05) is 18.9 Å². The molecule has 1 atom stereocenters. The second-order valence-electron chi connectivity index (χ2n) is 15.8. The van der Waals surface area contributed by atoms with Crippen molar-refractivity contribution in [1.82, 2.24) is 9.99 Å². The van der Waals surface area contributed by atoms with E-state index in [0.717, 1.165) is 31.4 Å². The fourth-order valence-corrected chi connectivity index (χ4v) is 9.61. The van der Waals surface area contributed by atoms with Crippen molar-refractivity contribution in [2.75, 3.05) is 61.2 Å². The quantitative estimate of drug-likeness (QED) is 0.0291. The number of hydrogen-bond donors (Lipinski definition) is 2. The first-order valence-electron chi connectivity index (χ1n) is 21.4. The van der Waals surface area contributed by atoms with Crippen LogP contribution in [0, 0.1) is 18.3 Å². The van der Waals surface area contributed by atoms with Crippen molar-refractivity contribution in [1.29, 1.82) is 5.26 Å². The van der Waals surface area contributed by atoms with E-state index in [0.29, 0.717) is 34.9 Å². The molecule has 3 aromatic carbocycles. The van der Waals surface area contributed by atoms with Gasteiger partial charge in [-0.15, -0.1) is 23.2 Å². The number of halogens is 8. The molecule has 0 saturated carbocycles. The number of rotatable bonds is 24. The molecule has 1 heterocycles. The number of unbranched alkanes of at least 4 members (excludes halogenated alkanes) is 3. The molecule has 22 heteroatoms. The van der Waals surface area contributed by atoms with Crippen LogP contribution in [-0.2, 0) is 29.0 Å². The molecule has 0 aliphatic carbocycles. The van der Waals surface area contributed by atoms with Crippen molar-refractivity contribution in [3.8, 4) is 17.6 Å². The van der Waals surface area contributed by atoms with Gasteiger partial charge < -0.3 is 38.7 Å². The van der Waals surface area contributed by atoms with Gasteiger partial charge in [-0.05, 0) is 95.0 Å². The van der Waals surface area contributed by atoms with Crippen LogP contribution in [0.1, 0.15) is 92.4 Å². The molecule has 0 saturated heterocycles. The third-order valence-corrected chi connectivity index (χ3v) is 13.0. The van der Waals surface area contributed by atoms with E-state index in [1.165, 1.54) is 30.3 Å². The van der Waals surface area contributed by atoms with Crippen LogP contribution in [0.5, 0.6) is 11.5 Å². The summed E-state index contributed by atoms with van der Waals surface area (Å²) in [6, 6.07) is 14.2. The molecule has 1 unspecified atom stereocenters. The molecule has 13 nitrogen and oxygen atoms in total. The number of aliphatic hydroxyl groups is 1. The second kappa shape index (κ2) is 24.9. The Labute approximate surface area is 397 Å². The highest BCUT2D eigenvalue weighted by Gasteiger charge is 2.49. The molecule has 368 valence electrons. The predicted octanol–water partition coefficient (Wildman–Crippen LogP) is 10.2. The van der Waals surface area contributed by atoms with Gasteiger partial charge in [0.2, 0.25) is 0 Å². The number of carbonyl (C=O) groups is 3. The van der Waals surface area contributed by atoms with Crippen LogP contribution in [0.3, 0.4) is 0 Å². The van der Waals surface area contributed by atoms with Gasteiger partial charge in [-0.3, -0.25) is 14.4 Å². The fourth-order valence-electron chi connectivity index (χ4n) is 7.65. The Morgan fingerprint density at radius 1 is 0.791 bits per heavy atom. The summed E-state index contributed by atoms with van der Waals surface area (Å²) in [7, 11) is -1.36. The van der Waals surface area contributed by atoms with Gasteiger partial charge >= 0.3 is 24.2 Å². The molecular weight excluding hydrogens is 954 g/mol. The van der Waals surface area contributed by atoms with Crippen molar-refractivity contribution in [3.05, 3.63) is 82.4 Å². The standard InChI is InChI=1S/C45H54Cl2F6N5O8P/c1-29(2)58(30(3)4)67(65-24-10-19-54)64-23-9-7-6-8-20-55-40(60)32-12-11-31(5)37(25-32)43(63-28-59)35-15-13-33(56(21-17-46)41(61)44(48,49)50)26-38(35)66-39-27-34(14-16-36(39)43)57(22-18-47)42(62)45(51,52)53/h11-16,25-27,29-30,59H,6-10,17-18,20-24,28H2,1-5H3,(H,55,60). The van der Waals surface area contributed by atoms with Gasteiger partial charge in [0.25, 0.3) is 14.4 Å². The van der Waals surface area contributed by atoms with Crippen LogP contribution in [0.2, 0.25) is 0 Å². The number of nitrogens with one attached hydrogen (secondary N) is 1. The topological polar surface area (TPSA) is 154 Å². The third-order valence-electron chi connectivity index (χ3n) is 10.5. The smallest absolute Gasteiger partial charge is 0.456 e. The third kappa shape index (κ3) is 13.7. The highest BCUT2D eigenvalue weighted by atomic mass is 35.5. The predicted molar refractivity (Wildman–Crippen MR) is 242 cm³/mol. The van der Waals surface area contributed by atoms with Crippen LogP contribution in [-0.4, -0.2) is 103 Å². The van der Waals surface area contributed by atoms with Crippen molar-refractivity contribution in [3.63, 3.8) is 0 Å². The number of benzene rings is 3. The first-order valence-corrected chi connectivity index (χ1v) is 23.6. The van der Waals surface area contributed by atoms with E-state index in [-0.39, 0.29) is 70.2 Å². The maximum atomic E-state index is 13.8. The summed E-state index contributed by atoms with van der Waals surface area (Å²) < 4.78 is 109. The second-order valence-corrected chi connectivity index (χ2v) is 18.0. The summed E-state index contributed by atoms with van der Waals surface area (Å²) in [5.41, 5.74) is -1.58. The van der Waals surface area contributed by atoms with E-state index in [2.05, 4.69) is 43.8 Å². The van der Waals surface area contributed by atoms with Gasteiger partial charge in [0.15, 0.2) is 5.60 Å². The molecule has 2 N–H and O–H groups in total. The summed E-state index contributed by atoms with van der Waals surface area (Å²) in [5, 5.41) is 22.4. The molecule has 4 rings (SSSR count). The number of carbonyl (C=O) groups excluding carboxylic acids is 3. The number of ether oxygens (including phenoxy) is 2. The first-order chi connectivity index (χ1) is 31.7. The number of fused-ring (bicyclic) bond motifs is 2. The fraction of sp³-hybridized carbons (Fsp3) is 0.511. The summed E-state index contributed by atoms with van der Waals surface area (Å²) >= 11 is 11.6. The summed E-state index contributed by atoms with van der Waals surface area (Å²) in [6.07, 6.45) is -7.45. The average Bonchev–Trinajstić information content (AvgIpc) is 3.26. The van der Waals surface area contributed by atoms with Crippen LogP contribution in [0.15, 0.2) is 54.6 Å². The maximum absolute atomic E-state index is 13.8. The first kappa shape index (κ1) is 55.3. The number of aliphatic hydroxyl groups excluding tert-OH is 1. The molecule has 67 heavy (non-hydrogen) atoms. The Bertz CT molecular complexity index is 2120. The minimum absolute atomic E-state index is 0.0758. The number of nitriles is 1. The Balaban J connectivity index is 1.67. The zero-order valence-corrected chi connectivity index (χ0v) is 40.0. The van der Waals surface area contributed by atoms with Crippen molar-refractivity contribution in [2.45, 2.75) is 96.8 Å². The lowest BCUT2D eigenvalue weighted by atomic mass is 9.75. The molecular formula is C45H54Cl2F6N5O8P. The molecule has 0 aromatic heterocycles. The lowest BCUT2D eigenvalue weighted by molar-refractivity contribution is -0.170. The van der Waals surface area contributed by atoms with E-state index < -0.39 is 75.8 Å². The number of aryl methyl sites for hydroxylation is 1. The molecule has 3 aromatic rings. The van der Waals surface area contributed by atoms with Gasteiger partial charge in [-0.2, -0.15) is 31.6 Å². The number of alkyl halides is 8. The molecule has 0 bridgehead atoms. The summed E-state index contributed by atoms with van der Waals surface area (Å²) in [4.78, 5) is 39.6. The van der Waals surface area contributed by atoms with E-state index in [9.17, 15) is 45.8 Å². The molecule has 1 aliphatic heterocycles. The van der Waals surface area contributed by atoms with E-state index >= 15 is 0 Å². The largest absolute Gasteiger partial charge is 0.471 e. The number of nitrogens with zero attached hydrogens (tertiary/aromatic N) is 4.